The molecule has 0 bridgehead atoms. The van der Waals surface area contributed by atoms with Gasteiger partial charge < -0.3 is 9.84 Å². The highest BCUT2D eigenvalue weighted by atomic mass is 16.5. The van der Waals surface area contributed by atoms with E-state index in [0.717, 1.165) is 44.4 Å². The summed E-state index contributed by atoms with van der Waals surface area (Å²) < 4.78 is 5.32. The van der Waals surface area contributed by atoms with E-state index in [0.29, 0.717) is 17.8 Å². The summed E-state index contributed by atoms with van der Waals surface area (Å²) in [5, 5.41) is 10.1. The first-order valence-electron chi connectivity index (χ1n) is 8.28. The van der Waals surface area contributed by atoms with E-state index in [1.54, 1.807) is 7.11 Å². The second-order valence-electron chi connectivity index (χ2n) is 5.95. The van der Waals surface area contributed by atoms with Crippen LogP contribution in [0.5, 0.6) is 5.75 Å². The Balaban J connectivity index is 2.31. The lowest BCUT2D eigenvalue weighted by molar-refractivity contribution is 0.0713. The molecule has 3 nitrogen and oxygen atoms in total. The van der Waals surface area contributed by atoms with Crippen LogP contribution < -0.4 is 0 Å². The van der Waals surface area contributed by atoms with Gasteiger partial charge in [0, 0.05) is 25.7 Å². The van der Waals surface area contributed by atoms with Crippen LogP contribution >= 0.6 is 0 Å². The van der Waals surface area contributed by atoms with Gasteiger partial charge in [-0.2, -0.15) is 0 Å². The summed E-state index contributed by atoms with van der Waals surface area (Å²) in [5.41, 5.74) is 2.48. The second kappa shape index (κ2) is 7.81. The Kier molecular flexibility index (Phi) is 6.07. The van der Waals surface area contributed by atoms with E-state index in [9.17, 15) is 5.11 Å². The number of hydrogen-bond donors (Lipinski definition) is 1. The summed E-state index contributed by atoms with van der Waals surface area (Å²) in [5.74, 6) is 0.466. The molecule has 3 heteroatoms. The third-order valence-corrected chi connectivity index (χ3v) is 4.82. The highest BCUT2D eigenvalue weighted by molar-refractivity contribution is 5.42. The van der Waals surface area contributed by atoms with Crippen molar-refractivity contribution in [3.63, 3.8) is 0 Å². The van der Waals surface area contributed by atoms with Crippen molar-refractivity contribution in [3.05, 3.63) is 29.3 Å². The Morgan fingerprint density at radius 2 is 2.10 bits per heavy atom. The van der Waals surface area contributed by atoms with Gasteiger partial charge in [-0.1, -0.05) is 26.0 Å². The summed E-state index contributed by atoms with van der Waals surface area (Å²) in [6, 6.07) is 6.99. The molecule has 0 aliphatic heterocycles. The minimum Gasteiger partial charge on any atom is -0.508 e. The predicted molar refractivity (Wildman–Crippen MR) is 86.7 cm³/mol. The van der Waals surface area contributed by atoms with Crippen molar-refractivity contribution >= 4 is 0 Å². The van der Waals surface area contributed by atoms with Gasteiger partial charge in [-0.15, -0.1) is 0 Å². The first kappa shape index (κ1) is 16.3. The molecule has 0 saturated heterocycles. The molecule has 0 aromatic heterocycles. The van der Waals surface area contributed by atoms with Crippen molar-refractivity contribution < 1.29 is 9.84 Å². The molecule has 1 aromatic carbocycles. The number of phenolic OH excluding ortho intramolecular Hbond substituents is 1. The van der Waals surface area contributed by atoms with E-state index in [1.807, 2.05) is 12.1 Å². The Hall–Kier alpha value is -1.06. The summed E-state index contributed by atoms with van der Waals surface area (Å²) in [6.07, 6.45) is 5.64. The normalized spacial score (nSPS) is 18.2. The van der Waals surface area contributed by atoms with Crippen LogP contribution in [-0.4, -0.2) is 36.3 Å². The van der Waals surface area contributed by atoms with Gasteiger partial charge in [0.15, 0.2) is 0 Å². The van der Waals surface area contributed by atoms with Gasteiger partial charge in [0.25, 0.3) is 0 Å². The second-order valence-corrected chi connectivity index (χ2v) is 5.95. The molecular formula is C18H29NO2. The van der Waals surface area contributed by atoms with E-state index >= 15 is 0 Å². The average molecular weight is 291 g/mol. The fraction of sp³-hybridized carbons (Fsp3) is 0.667. The fourth-order valence-electron chi connectivity index (χ4n) is 3.70. The van der Waals surface area contributed by atoms with E-state index < -0.39 is 0 Å². The third-order valence-electron chi connectivity index (χ3n) is 4.82. The molecule has 1 aromatic rings. The summed E-state index contributed by atoms with van der Waals surface area (Å²) >= 11 is 0. The topological polar surface area (TPSA) is 32.7 Å². The molecule has 0 heterocycles. The van der Waals surface area contributed by atoms with Gasteiger partial charge in [0.05, 0.1) is 6.61 Å². The number of rotatable bonds is 7. The van der Waals surface area contributed by atoms with Gasteiger partial charge in [0.2, 0.25) is 0 Å². The molecule has 0 fully saturated rings. The molecule has 118 valence electrons. The third kappa shape index (κ3) is 3.58. The first-order chi connectivity index (χ1) is 10.2. The first-order valence-corrected chi connectivity index (χ1v) is 8.28. The highest BCUT2D eigenvalue weighted by Crippen LogP contribution is 2.39. The molecule has 1 atom stereocenters. The SMILES string of the molecule is CCC(CC)N(CCOC)C1CCCc2c(O)cccc21. The molecule has 1 unspecified atom stereocenters. The van der Waals surface area contributed by atoms with Gasteiger partial charge in [-0.3, -0.25) is 4.90 Å². The van der Waals surface area contributed by atoms with Crippen LogP contribution in [0.25, 0.3) is 0 Å². The summed E-state index contributed by atoms with van der Waals surface area (Å²) in [7, 11) is 1.77. The Morgan fingerprint density at radius 3 is 2.76 bits per heavy atom. The van der Waals surface area contributed by atoms with Gasteiger partial charge in [-0.25, -0.2) is 0 Å². The lowest BCUT2D eigenvalue weighted by atomic mass is 9.85. The quantitative estimate of drug-likeness (QED) is 0.827. The van der Waals surface area contributed by atoms with E-state index in [4.69, 9.17) is 4.74 Å². The maximum absolute atomic E-state index is 10.1. The Labute approximate surface area is 128 Å². The van der Waals surface area contributed by atoms with Crippen molar-refractivity contribution in [2.24, 2.45) is 0 Å². The van der Waals surface area contributed by atoms with Crippen molar-refractivity contribution in [2.75, 3.05) is 20.3 Å². The number of nitrogens with zero attached hydrogens (tertiary/aromatic N) is 1. The van der Waals surface area contributed by atoms with Gasteiger partial charge >= 0.3 is 0 Å². The standard InChI is InChI=1S/C18H29NO2/c1-4-14(5-2)19(12-13-21-3)17-10-6-9-16-15(17)8-7-11-18(16)20/h7-8,11,14,17,20H,4-6,9-10,12-13H2,1-3H3. The smallest absolute Gasteiger partial charge is 0.119 e. The monoisotopic (exact) mass is 291 g/mol. The predicted octanol–water partition coefficient (Wildman–Crippen LogP) is 3.91. The van der Waals surface area contributed by atoms with Crippen LogP contribution in [0.1, 0.15) is 56.7 Å². The minimum atomic E-state index is 0.417. The van der Waals surface area contributed by atoms with Gasteiger partial charge in [0.1, 0.15) is 5.75 Å². The van der Waals surface area contributed by atoms with Crippen molar-refractivity contribution in [2.45, 2.75) is 58.0 Å². The van der Waals surface area contributed by atoms with Crippen LogP contribution in [-0.2, 0) is 11.2 Å². The molecule has 21 heavy (non-hydrogen) atoms. The van der Waals surface area contributed by atoms with Crippen LogP contribution in [0.4, 0.5) is 0 Å². The molecule has 0 amide bonds. The number of phenols is 1. The number of methoxy groups -OCH3 is 1. The molecule has 1 N–H and O–H groups in total. The summed E-state index contributed by atoms with van der Waals surface area (Å²) in [6.45, 7) is 6.25. The number of ether oxygens (including phenoxy) is 1. The minimum absolute atomic E-state index is 0.417. The molecule has 2 rings (SSSR count). The molecule has 1 aliphatic carbocycles. The fourth-order valence-corrected chi connectivity index (χ4v) is 3.70. The van der Waals surface area contributed by atoms with Gasteiger partial charge in [-0.05, 0) is 49.3 Å². The lowest BCUT2D eigenvalue weighted by Crippen LogP contribution is -2.41. The maximum Gasteiger partial charge on any atom is 0.119 e. The average Bonchev–Trinajstić information content (AvgIpc) is 2.52. The van der Waals surface area contributed by atoms with E-state index in [-0.39, 0.29) is 0 Å². The molecule has 1 aliphatic rings. The molecule has 0 spiro atoms. The number of aromatic hydroxyl groups is 1. The number of fused-ring (bicyclic) bond motifs is 1. The maximum atomic E-state index is 10.1. The Bertz CT molecular complexity index is 443. The summed E-state index contributed by atoms with van der Waals surface area (Å²) in [4.78, 5) is 2.60. The molecule has 0 saturated carbocycles. The molecular weight excluding hydrogens is 262 g/mol. The molecule has 0 radical (unpaired) electrons. The Morgan fingerprint density at radius 1 is 1.33 bits per heavy atom. The van der Waals surface area contributed by atoms with Crippen molar-refractivity contribution in [1.29, 1.82) is 0 Å². The zero-order valence-corrected chi connectivity index (χ0v) is 13.6. The van der Waals surface area contributed by atoms with Crippen LogP contribution in [0, 0.1) is 0 Å². The lowest BCUT2D eigenvalue weighted by Gasteiger charge is -2.40. The van der Waals surface area contributed by atoms with Crippen LogP contribution in [0.2, 0.25) is 0 Å². The highest BCUT2D eigenvalue weighted by Gasteiger charge is 2.30. The number of hydrogen-bond acceptors (Lipinski definition) is 3. The zero-order chi connectivity index (χ0) is 15.2. The number of benzene rings is 1. The van der Waals surface area contributed by atoms with E-state index in [2.05, 4.69) is 24.8 Å². The zero-order valence-electron chi connectivity index (χ0n) is 13.6. The van der Waals surface area contributed by atoms with Crippen LogP contribution in [0.3, 0.4) is 0 Å². The largest absolute Gasteiger partial charge is 0.508 e. The van der Waals surface area contributed by atoms with Crippen molar-refractivity contribution in [1.82, 2.24) is 4.90 Å². The van der Waals surface area contributed by atoms with Crippen LogP contribution in [0.15, 0.2) is 18.2 Å². The van der Waals surface area contributed by atoms with E-state index in [1.165, 1.54) is 12.0 Å². The van der Waals surface area contributed by atoms with Crippen molar-refractivity contribution in [3.8, 4) is 5.75 Å².